The molecule has 0 bridgehead atoms. The fraction of sp³-hybridized carbons (Fsp3) is 0.375. The summed E-state index contributed by atoms with van der Waals surface area (Å²) in [5, 5.41) is 2.78. The van der Waals surface area contributed by atoms with Gasteiger partial charge >= 0.3 is 5.97 Å². The number of carbonyl (C=O) groups excluding carboxylic acids is 2. The van der Waals surface area contributed by atoms with Crippen LogP contribution in [0.3, 0.4) is 0 Å². The number of anilines is 1. The molecular formula is C24H27FN4O4. The van der Waals surface area contributed by atoms with Gasteiger partial charge in [-0.05, 0) is 36.8 Å². The van der Waals surface area contributed by atoms with Crippen molar-refractivity contribution in [3.63, 3.8) is 0 Å². The molecule has 4 rings (SSSR count). The highest BCUT2D eigenvalue weighted by atomic mass is 19.1. The number of piperazine rings is 1. The Kier molecular flexibility index (Phi) is 6.76. The summed E-state index contributed by atoms with van der Waals surface area (Å²) in [6, 6.07) is 12.8. The molecule has 0 saturated carbocycles. The van der Waals surface area contributed by atoms with Crippen molar-refractivity contribution in [1.29, 1.82) is 0 Å². The van der Waals surface area contributed by atoms with Gasteiger partial charge in [0.2, 0.25) is 11.9 Å². The van der Waals surface area contributed by atoms with Crippen LogP contribution in [0.4, 0.5) is 10.1 Å². The third kappa shape index (κ3) is 4.92. The molecule has 174 valence electrons. The normalized spacial score (nSPS) is 20.7. The number of hydrogen-bond acceptors (Lipinski definition) is 7. The number of amides is 1. The van der Waals surface area contributed by atoms with E-state index in [2.05, 4.69) is 10.2 Å². The van der Waals surface area contributed by atoms with Crippen LogP contribution in [0.2, 0.25) is 0 Å². The van der Waals surface area contributed by atoms with Crippen molar-refractivity contribution >= 4 is 23.5 Å². The minimum absolute atomic E-state index is 0.154. The molecule has 8 nitrogen and oxygen atoms in total. The summed E-state index contributed by atoms with van der Waals surface area (Å²) < 4.78 is 23.9. The van der Waals surface area contributed by atoms with Crippen LogP contribution in [0.25, 0.3) is 0 Å². The maximum absolute atomic E-state index is 13.5. The number of carbonyl (C=O) groups is 2. The van der Waals surface area contributed by atoms with Crippen LogP contribution in [0, 0.1) is 11.7 Å². The molecule has 2 aliphatic heterocycles. The second kappa shape index (κ2) is 9.89. The summed E-state index contributed by atoms with van der Waals surface area (Å²) >= 11 is 0. The summed E-state index contributed by atoms with van der Waals surface area (Å²) in [5.74, 6) is -1.43. The smallest absolute Gasteiger partial charge is 0.321 e. The van der Waals surface area contributed by atoms with Gasteiger partial charge in [-0.3, -0.25) is 14.9 Å². The Labute approximate surface area is 192 Å². The van der Waals surface area contributed by atoms with Crippen LogP contribution in [0.1, 0.15) is 18.5 Å². The van der Waals surface area contributed by atoms with Gasteiger partial charge < -0.3 is 19.3 Å². The van der Waals surface area contributed by atoms with E-state index in [-0.39, 0.29) is 6.61 Å². The minimum Gasteiger partial charge on any atom is -0.497 e. The third-order valence-corrected chi connectivity index (χ3v) is 5.84. The second-order valence-electron chi connectivity index (χ2n) is 7.84. The highest BCUT2D eigenvalue weighted by Crippen LogP contribution is 2.31. The summed E-state index contributed by atoms with van der Waals surface area (Å²) in [5.41, 5.74) is 1.65. The van der Waals surface area contributed by atoms with E-state index in [4.69, 9.17) is 14.5 Å². The van der Waals surface area contributed by atoms with Crippen LogP contribution in [-0.2, 0) is 14.3 Å². The van der Waals surface area contributed by atoms with Crippen LogP contribution < -0.4 is 15.0 Å². The molecule has 0 unspecified atom stereocenters. The highest BCUT2D eigenvalue weighted by molar-refractivity contribution is 6.08. The Hall–Kier alpha value is -3.62. The van der Waals surface area contributed by atoms with Crippen LogP contribution in [0.15, 0.2) is 53.5 Å². The number of ether oxygens (including phenoxy) is 2. The zero-order valence-corrected chi connectivity index (χ0v) is 18.7. The predicted molar refractivity (Wildman–Crippen MR) is 122 cm³/mol. The van der Waals surface area contributed by atoms with Crippen molar-refractivity contribution in [2.24, 2.45) is 10.9 Å². The molecule has 33 heavy (non-hydrogen) atoms. The Morgan fingerprint density at radius 2 is 1.82 bits per heavy atom. The maximum atomic E-state index is 13.5. The van der Waals surface area contributed by atoms with E-state index < -0.39 is 29.7 Å². The monoisotopic (exact) mass is 454 g/mol. The number of esters is 1. The number of nitrogens with zero attached hydrogens (tertiary/aromatic N) is 3. The fourth-order valence-corrected chi connectivity index (χ4v) is 4.11. The molecule has 0 radical (unpaired) electrons. The van der Waals surface area contributed by atoms with Gasteiger partial charge in [0.25, 0.3) is 0 Å². The second-order valence-corrected chi connectivity index (χ2v) is 7.84. The van der Waals surface area contributed by atoms with E-state index in [1.54, 1.807) is 26.2 Å². The molecule has 2 aromatic rings. The van der Waals surface area contributed by atoms with Crippen LogP contribution in [0.5, 0.6) is 5.75 Å². The average Bonchev–Trinajstić information content (AvgIpc) is 2.84. The lowest BCUT2D eigenvalue weighted by atomic mass is 9.91. The number of rotatable bonds is 5. The lowest BCUT2D eigenvalue weighted by molar-refractivity contribution is -0.153. The molecule has 2 heterocycles. The van der Waals surface area contributed by atoms with Crippen molar-refractivity contribution in [2.45, 2.75) is 13.0 Å². The Morgan fingerprint density at radius 1 is 1.12 bits per heavy atom. The number of hydrogen-bond donors (Lipinski definition) is 1. The minimum atomic E-state index is -1.13. The predicted octanol–water partition coefficient (Wildman–Crippen LogP) is 2.36. The lowest BCUT2D eigenvalue weighted by Gasteiger charge is -2.39. The van der Waals surface area contributed by atoms with Gasteiger partial charge in [0.15, 0.2) is 5.92 Å². The maximum Gasteiger partial charge on any atom is 0.321 e. The van der Waals surface area contributed by atoms with Gasteiger partial charge in [-0.25, -0.2) is 9.38 Å². The number of methoxy groups -OCH3 is 1. The summed E-state index contributed by atoms with van der Waals surface area (Å²) in [6.07, 6.45) is 0. The molecular weight excluding hydrogens is 427 g/mol. The molecule has 1 fully saturated rings. The van der Waals surface area contributed by atoms with Gasteiger partial charge in [0.1, 0.15) is 17.6 Å². The number of nitrogens with one attached hydrogen (secondary N) is 1. The first-order chi connectivity index (χ1) is 16.0. The van der Waals surface area contributed by atoms with Crippen LogP contribution in [-0.4, -0.2) is 62.6 Å². The van der Waals surface area contributed by atoms with Gasteiger partial charge in [0, 0.05) is 37.9 Å². The van der Waals surface area contributed by atoms with E-state index in [0.717, 1.165) is 24.5 Å². The molecule has 2 aliphatic rings. The van der Waals surface area contributed by atoms with E-state index in [9.17, 15) is 14.0 Å². The number of benzene rings is 2. The fourth-order valence-electron chi connectivity index (χ4n) is 4.11. The lowest BCUT2D eigenvalue weighted by Crippen LogP contribution is -2.57. The first-order valence-corrected chi connectivity index (χ1v) is 10.9. The molecule has 1 amide bonds. The first-order valence-electron chi connectivity index (χ1n) is 10.9. The molecule has 2 aromatic carbocycles. The summed E-state index contributed by atoms with van der Waals surface area (Å²) in [6.45, 7) is 4.56. The topological polar surface area (TPSA) is 83.5 Å². The van der Waals surface area contributed by atoms with Crippen molar-refractivity contribution in [3.8, 4) is 5.75 Å². The van der Waals surface area contributed by atoms with Crippen molar-refractivity contribution in [1.82, 2.24) is 10.2 Å². The van der Waals surface area contributed by atoms with Gasteiger partial charge in [-0.1, -0.05) is 18.2 Å². The van der Waals surface area contributed by atoms with Crippen molar-refractivity contribution in [2.75, 3.05) is 44.8 Å². The Balaban J connectivity index is 1.54. The molecule has 0 aromatic heterocycles. The van der Waals surface area contributed by atoms with Crippen molar-refractivity contribution in [3.05, 3.63) is 59.9 Å². The zero-order valence-electron chi connectivity index (χ0n) is 18.7. The van der Waals surface area contributed by atoms with Gasteiger partial charge in [-0.2, -0.15) is 0 Å². The Morgan fingerprint density at radius 3 is 2.48 bits per heavy atom. The highest BCUT2D eigenvalue weighted by Gasteiger charge is 2.42. The first kappa shape index (κ1) is 22.6. The zero-order chi connectivity index (χ0) is 23.4. The standard InChI is InChI=1S/C24H27FN4O4/c1-3-33-23(31)20-21(16-7-9-17(25)10-8-16)26-24(27-22(20)30)29-13-11-28(12-14-29)18-5-4-6-19(15-18)32-2/h4-10,15,20-21H,3,11-14H2,1-2H3,(H,26,27,30)/t20-,21+/m0/s1. The molecule has 2 atom stereocenters. The van der Waals surface area contributed by atoms with Gasteiger partial charge in [-0.15, -0.1) is 0 Å². The van der Waals surface area contributed by atoms with E-state index in [1.165, 1.54) is 12.1 Å². The summed E-state index contributed by atoms with van der Waals surface area (Å²) in [7, 11) is 1.64. The third-order valence-electron chi connectivity index (χ3n) is 5.84. The number of halogens is 1. The van der Waals surface area contributed by atoms with Crippen molar-refractivity contribution < 1.29 is 23.5 Å². The molecule has 0 spiro atoms. The largest absolute Gasteiger partial charge is 0.497 e. The van der Waals surface area contributed by atoms with Crippen LogP contribution >= 0.6 is 0 Å². The molecule has 0 aliphatic carbocycles. The van der Waals surface area contributed by atoms with E-state index in [1.807, 2.05) is 29.2 Å². The van der Waals surface area contributed by atoms with E-state index in [0.29, 0.717) is 24.6 Å². The average molecular weight is 455 g/mol. The van der Waals surface area contributed by atoms with Gasteiger partial charge in [0.05, 0.1) is 13.7 Å². The number of aliphatic imine (C=N–C) groups is 1. The SMILES string of the molecule is CCOC(=O)[C@@H]1C(=O)NC(N2CCN(c3cccc(OC)c3)CC2)=N[C@@H]1c1ccc(F)cc1. The summed E-state index contributed by atoms with van der Waals surface area (Å²) in [4.78, 5) is 34.4. The van der Waals surface area contributed by atoms with E-state index >= 15 is 0 Å². The molecule has 1 saturated heterocycles. The molecule has 9 heteroatoms. The quantitative estimate of drug-likeness (QED) is 0.552. The molecule has 1 N–H and O–H groups in total. The number of guanidine groups is 1. The Bertz CT molecular complexity index is 1040.